The van der Waals surface area contributed by atoms with Crippen molar-refractivity contribution in [1.82, 2.24) is 10.2 Å². The van der Waals surface area contributed by atoms with Gasteiger partial charge in [0.2, 0.25) is 0 Å². The third-order valence-electron chi connectivity index (χ3n) is 4.02. The molecular formula is C17H28N2. The monoisotopic (exact) mass is 260 g/mol. The normalized spacial score (nSPS) is 18.1. The number of likely N-dealkylation sites (tertiary alicyclic amines) is 1. The van der Waals surface area contributed by atoms with Crippen molar-refractivity contribution in [2.45, 2.75) is 52.7 Å². The SMILES string of the molecule is CC1CCN(Cc2ccc(CNC(C)C)cc2)CC1. The molecule has 0 saturated carbocycles. The van der Waals surface area contributed by atoms with Crippen molar-refractivity contribution in [1.29, 1.82) is 0 Å². The molecule has 1 aliphatic heterocycles. The van der Waals surface area contributed by atoms with Gasteiger partial charge in [-0.2, -0.15) is 0 Å². The molecule has 0 unspecified atom stereocenters. The van der Waals surface area contributed by atoms with E-state index in [9.17, 15) is 0 Å². The molecule has 2 heteroatoms. The van der Waals surface area contributed by atoms with Crippen LogP contribution in [0.5, 0.6) is 0 Å². The molecule has 19 heavy (non-hydrogen) atoms. The molecule has 0 bridgehead atoms. The van der Waals surface area contributed by atoms with Crippen molar-refractivity contribution < 1.29 is 0 Å². The minimum Gasteiger partial charge on any atom is -0.310 e. The standard InChI is InChI=1S/C17H28N2/c1-14(2)18-12-16-4-6-17(7-5-16)13-19-10-8-15(3)9-11-19/h4-7,14-15,18H,8-13H2,1-3H3. The van der Waals surface area contributed by atoms with Gasteiger partial charge in [-0.3, -0.25) is 4.90 Å². The number of hydrogen-bond acceptors (Lipinski definition) is 2. The van der Waals surface area contributed by atoms with Gasteiger partial charge in [-0.05, 0) is 43.0 Å². The van der Waals surface area contributed by atoms with Gasteiger partial charge in [0.1, 0.15) is 0 Å². The zero-order valence-electron chi connectivity index (χ0n) is 12.7. The quantitative estimate of drug-likeness (QED) is 0.872. The highest BCUT2D eigenvalue weighted by Gasteiger charge is 2.15. The molecule has 0 spiro atoms. The smallest absolute Gasteiger partial charge is 0.0233 e. The molecule has 2 nitrogen and oxygen atoms in total. The average molecular weight is 260 g/mol. The van der Waals surface area contributed by atoms with E-state index >= 15 is 0 Å². The molecule has 1 aromatic rings. The first kappa shape index (κ1) is 14.5. The van der Waals surface area contributed by atoms with Gasteiger partial charge in [-0.1, -0.05) is 45.0 Å². The Hall–Kier alpha value is -0.860. The maximum Gasteiger partial charge on any atom is 0.0233 e. The fourth-order valence-electron chi connectivity index (χ4n) is 2.56. The van der Waals surface area contributed by atoms with Crippen molar-refractivity contribution >= 4 is 0 Å². The van der Waals surface area contributed by atoms with E-state index in [1.54, 1.807) is 0 Å². The van der Waals surface area contributed by atoms with Crippen LogP contribution in [0.1, 0.15) is 44.7 Å². The van der Waals surface area contributed by atoms with Crippen LogP contribution in [0.25, 0.3) is 0 Å². The second kappa shape index (κ2) is 7.06. The molecule has 1 aliphatic rings. The van der Waals surface area contributed by atoms with E-state index in [1.807, 2.05) is 0 Å². The van der Waals surface area contributed by atoms with Crippen molar-refractivity contribution in [3.05, 3.63) is 35.4 Å². The lowest BCUT2D eigenvalue weighted by atomic mass is 9.99. The van der Waals surface area contributed by atoms with Gasteiger partial charge in [0.05, 0.1) is 0 Å². The highest BCUT2D eigenvalue weighted by atomic mass is 15.1. The summed E-state index contributed by atoms with van der Waals surface area (Å²) in [5.41, 5.74) is 2.83. The third kappa shape index (κ3) is 4.96. The van der Waals surface area contributed by atoms with Gasteiger partial charge in [-0.15, -0.1) is 0 Å². The maximum absolute atomic E-state index is 3.46. The summed E-state index contributed by atoms with van der Waals surface area (Å²) in [6.07, 6.45) is 2.72. The van der Waals surface area contributed by atoms with E-state index in [1.165, 1.54) is 37.1 Å². The summed E-state index contributed by atoms with van der Waals surface area (Å²) < 4.78 is 0. The number of nitrogens with zero attached hydrogens (tertiary/aromatic N) is 1. The third-order valence-corrected chi connectivity index (χ3v) is 4.02. The second-order valence-electron chi connectivity index (χ2n) is 6.31. The molecule has 1 fully saturated rings. The van der Waals surface area contributed by atoms with E-state index < -0.39 is 0 Å². The summed E-state index contributed by atoms with van der Waals surface area (Å²) in [6.45, 7) is 11.4. The lowest BCUT2D eigenvalue weighted by Gasteiger charge is -2.30. The summed E-state index contributed by atoms with van der Waals surface area (Å²) >= 11 is 0. The first-order chi connectivity index (χ1) is 9.13. The van der Waals surface area contributed by atoms with Crippen molar-refractivity contribution in [3.8, 4) is 0 Å². The van der Waals surface area contributed by atoms with Crippen molar-refractivity contribution in [2.75, 3.05) is 13.1 Å². The molecule has 0 aromatic heterocycles. The minimum atomic E-state index is 0.551. The predicted octanol–water partition coefficient (Wildman–Crippen LogP) is 3.42. The zero-order valence-corrected chi connectivity index (χ0v) is 12.7. The average Bonchev–Trinajstić information content (AvgIpc) is 2.40. The fourth-order valence-corrected chi connectivity index (χ4v) is 2.56. The lowest BCUT2D eigenvalue weighted by molar-refractivity contribution is 0.185. The zero-order chi connectivity index (χ0) is 13.7. The van der Waals surface area contributed by atoms with Crippen LogP contribution >= 0.6 is 0 Å². The second-order valence-corrected chi connectivity index (χ2v) is 6.31. The Morgan fingerprint density at radius 2 is 1.68 bits per heavy atom. The van der Waals surface area contributed by atoms with Gasteiger partial charge in [0.25, 0.3) is 0 Å². The first-order valence-electron chi connectivity index (χ1n) is 7.67. The summed E-state index contributed by atoms with van der Waals surface area (Å²) in [7, 11) is 0. The Labute approximate surface area is 118 Å². The fraction of sp³-hybridized carbons (Fsp3) is 0.647. The van der Waals surface area contributed by atoms with Crippen LogP contribution in [-0.4, -0.2) is 24.0 Å². The van der Waals surface area contributed by atoms with E-state index in [0.29, 0.717) is 6.04 Å². The Morgan fingerprint density at radius 3 is 2.26 bits per heavy atom. The highest BCUT2D eigenvalue weighted by molar-refractivity contribution is 5.22. The largest absolute Gasteiger partial charge is 0.310 e. The van der Waals surface area contributed by atoms with Crippen LogP contribution in [0.15, 0.2) is 24.3 Å². The molecule has 1 N–H and O–H groups in total. The van der Waals surface area contributed by atoms with Gasteiger partial charge < -0.3 is 5.32 Å². The summed E-state index contributed by atoms with van der Waals surface area (Å²) in [4.78, 5) is 2.58. The van der Waals surface area contributed by atoms with Gasteiger partial charge >= 0.3 is 0 Å². The number of hydrogen-bond donors (Lipinski definition) is 1. The molecule has 0 radical (unpaired) electrons. The van der Waals surface area contributed by atoms with Crippen LogP contribution in [0.3, 0.4) is 0 Å². The maximum atomic E-state index is 3.46. The molecule has 1 aromatic carbocycles. The van der Waals surface area contributed by atoms with Crippen molar-refractivity contribution in [3.63, 3.8) is 0 Å². The highest BCUT2D eigenvalue weighted by Crippen LogP contribution is 2.18. The Bertz CT molecular complexity index is 361. The van der Waals surface area contributed by atoms with Gasteiger partial charge in [0.15, 0.2) is 0 Å². The lowest BCUT2D eigenvalue weighted by Crippen LogP contribution is -2.32. The Kier molecular flexibility index (Phi) is 5.41. The van der Waals surface area contributed by atoms with Gasteiger partial charge in [0, 0.05) is 19.1 Å². The van der Waals surface area contributed by atoms with Crippen LogP contribution in [-0.2, 0) is 13.1 Å². The number of rotatable bonds is 5. The van der Waals surface area contributed by atoms with Gasteiger partial charge in [-0.25, -0.2) is 0 Å². The van der Waals surface area contributed by atoms with E-state index in [2.05, 4.69) is 55.3 Å². The minimum absolute atomic E-state index is 0.551. The first-order valence-corrected chi connectivity index (χ1v) is 7.67. The molecule has 1 saturated heterocycles. The number of nitrogens with one attached hydrogen (secondary N) is 1. The number of benzene rings is 1. The molecule has 106 valence electrons. The van der Waals surface area contributed by atoms with Crippen LogP contribution in [0.2, 0.25) is 0 Å². The summed E-state index contributed by atoms with van der Waals surface area (Å²) in [5.74, 6) is 0.917. The molecule has 0 amide bonds. The molecular weight excluding hydrogens is 232 g/mol. The molecule has 0 aliphatic carbocycles. The Balaban J connectivity index is 1.81. The topological polar surface area (TPSA) is 15.3 Å². The Morgan fingerprint density at radius 1 is 1.11 bits per heavy atom. The van der Waals surface area contributed by atoms with E-state index in [-0.39, 0.29) is 0 Å². The van der Waals surface area contributed by atoms with Crippen LogP contribution in [0, 0.1) is 5.92 Å². The molecule has 1 heterocycles. The van der Waals surface area contributed by atoms with Crippen LogP contribution in [0.4, 0.5) is 0 Å². The van der Waals surface area contributed by atoms with Crippen LogP contribution < -0.4 is 5.32 Å². The number of piperidine rings is 1. The van der Waals surface area contributed by atoms with E-state index in [0.717, 1.165) is 19.0 Å². The van der Waals surface area contributed by atoms with E-state index in [4.69, 9.17) is 0 Å². The molecule has 0 atom stereocenters. The summed E-state index contributed by atoms with van der Waals surface area (Å²) in [5, 5.41) is 3.46. The van der Waals surface area contributed by atoms with Crippen molar-refractivity contribution in [2.24, 2.45) is 5.92 Å². The summed E-state index contributed by atoms with van der Waals surface area (Å²) in [6, 6.07) is 9.65. The predicted molar refractivity (Wildman–Crippen MR) is 82.1 cm³/mol. The molecule has 2 rings (SSSR count).